The molecule has 1 aliphatic carbocycles. The van der Waals surface area contributed by atoms with Gasteiger partial charge in [-0.2, -0.15) is 0 Å². The molecular weight excluding hydrogens is 505 g/mol. The topological polar surface area (TPSA) is 73.8 Å². The number of likely N-dealkylation sites (tertiary alicyclic amines) is 1. The number of halogens is 2. The van der Waals surface area contributed by atoms with Gasteiger partial charge in [0.1, 0.15) is 23.6 Å². The van der Waals surface area contributed by atoms with Crippen molar-refractivity contribution >= 4 is 5.91 Å². The van der Waals surface area contributed by atoms with Crippen molar-refractivity contribution in [1.82, 2.24) is 4.90 Å². The molecule has 0 unspecified atom stereocenters. The van der Waals surface area contributed by atoms with Crippen molar-refractivity contribution in [3.05, 3.63) is 65.2 Å². The molecule has 7 heteroatoms. The van der Waals surface area contributed by atoms with Crippen molar-refractivity contribution in [2.24, 2.45) is 11.8 Å². The summed E-state index contributed by atoms with van der Waals surface area (Å²) in [5.74, 6) is 1.94. The van der Waals surface area contributed by atoms with Crippen LogP contribution in [0.2, 0.25) is 0 Å². The Balaban J connectivity index is 0.00000160. The molecule has 2 aromatic carbocycles. The Morgan fingerprint density at radius 1 is 0.919 bits per heavy atom. The smallest absolute Gasteiger partial charge is 0.233 e. The number of aromatic hydroxyl groups is 1. The second kappa shape index (κ2) is 11.9. The molecule has 3 heterocycles. The normalized spacial score (nSPS) is 29.7. The highest BCUT2D eigenvalue weighted by atomic mass is 35.5. The second-order valence-corrected chi connectivity index (χ2v) is 11.6. The van der Waals surface area contributed by atoms with Gasteiger partial charge in [0.2, 0.25) is 5.91 Å². The maximum absolute atomic E-state index is 14.5. The molecule has 4 aliphatic rings. The molecule has 2 aromatic rings. The average Bonchev–Trinajstić information content (AvgIpc) is 3.33. The van der Waals surface area contributed by atoms with Gasteiger partial charge in [0.25, 0.3) is 0 Å². The zero-order chi connectivity index (χ0) is 23.8. The van der Waals surface area contributed by atoms with Gasteiger partial charge in [-0.15, -0.1) is 0 Å². The first-order valence-electron chi connectivity index (χ1n) is 14.0. The van der Waals surface area contributed by atoms with Gasteiger partial charge in [0.05, 0.1) is 25.2 Å². The summed E-state index contributed by atoms with van der Waals surface area (Å²) < 4.78 is 0. The maximum atomic E-state index is 14.5. The first-order chi connectivity index (χ1) is 17.2. The number of amides is 1. The summed E-state index contributed by atoms with van der Waals surface area (Å²) in [6.45, 7) is 4.41. The molecule has 5 N–H and O–H groups in total. The zero-order valence-electron chi connectivity index (χ0n) is 21.6. The molecule has 3 aliphatic heterocycles. The molecule has 202 valence electrons. The van der Waals surface area contributed by atoms with E-state index in [-0.39, 0.29) is 36.1 Å². The third-order valence-corrected chi connectivity index (χ3v) is 9.81. The zero-order valence-corrected chi connectivity index (χ0v) is 23.1. The van der Waals surface area contributed by atoms with Crippen LogP contribution < -0.4 is 35.4 Å². The minimum absolute atomic E-state index is 0. The molecule has 2 saturated heterocycles. The summed E-state index contributed by atoms with van der Waals surface area (Å²) in [4.78, 5) is 16.8. The van der Waals surface area contributed by atoms with Gasteiger partial charge in [-0.25, -0.2) is 0 Å². The van der Waals surface area contributed by atoms with Gasteiger partial charge in [-0.05, 0) is 54.7 Å². The quantitative estimate of drug-likeness (QED) is 0.371. The van der Waals surface area contributed by atoms with Crippen LogP contribution in [-0.2, 0) is 16.8 Å². The molecular formula is C30H41Cl2N3O2. The lowest BCUT2D eigenvalue weighted by Gasteiger charge is -2.47. The Labute approximate surface area is 233 Å². The van der Waals surface area contributed by atoms with E-state index in [1.165, 1.54) is 43.2 Å². The highest BCUT2D eigenvalue weighted by molar-refractivity contribution is 5.82. The number of hydrogen-bond donors (Lipinski definition) is 3. The van der Waals surface area contributed by atoms with Gasteiger partial charge in [-0.1, -0.05) is 61.7 Å². The summed E-state index contributed by atoms with van der Waals surface area (Å²) >= 11 is 0. The van der Waals surface area contributed by atoms with Gasteiger partial charge < -0.3 is 45.5 Å². The molecule has 0 bridgehead atoms. The highest BCUT2D eigenvalue weighted by Crippen LogP contribution is 2.43. The Morgan fingerprint density at radius 2 is 1.68 bits per heavy atom. The fourth-order valence-electron chi connectivity index (χ4n) is 8.04. The Morgan fingerprint density at radius 3 is 2.46 bits per heavy atom. The SMILES string of the molecule is O=C([C@@H]1C[NH2+]C[C@]12C[NH2+]Cc1c(O)cccc12)N1CC[C@@H](c2ccccc2)C[C@H]1C1CCCCC1.[Cl-].[Cl-]. The summed E-state index contributed by atoms with van der Waals surface area (Å²) in [6.07, 6.45) is 8.66. The number of hydrogen-bond acceptors (Lipinski definition) is 2. The van der Waals surface area contributed by atoms with Crippen LogP contribution in [-0.4, -0.2) is 48.1 Å². The molecule has 3 fully saturated rings. The van der Waals surface area contributed by atoms with Crippen molar-refractivity contribution in [2.45, 2.75) is 68.9 Å². The largest absolute Gasteiger partial charge is 1.00 e. The van der Waals surface area contributed by atoms with E-state index < -0.39 is 0 Å². The van der Waals surface area contributed by atoms with E-state index in [0.29, 0.717) is 29.5 Å². The molecule has 37 heavy (non-hydrogen) atoms. The van der Waals surface area contributed by atoms with Crippen LogP contribution >= 0.6 is 0 Å². The fraction of sp³-hybridized carbons (Fsp3) is 0.567. The lowest BCUT2D eigenvalue weighted by Crippen LogP contribution is -3.00. The minimum Gasteiger partial charge on any atom is -1.00 e. The number of rotatable bonds is 3. The van der Waals surface area contributed by atoms with Crippen molar-refractivity contribution in [3.63, 3.8) is 0 Å². The number of nitrogens with two attached hydrogens (primary N) is 2. The van der Waals surface area contributed by atoms with Crippen molar-refractivity contribution in [2.75, 3.05) is 26.2 Å². The summed E-state index contributed by atoms with van der Waals surface area (Å²) in [7, 11) is 0. The fourth-order valence-corrected chi connectivity index (χ4v) is 8.04. The van der Waals surface area contributed by atoms with Gasteiger partial charge in [-0.3, -0.25) is 4.79 Å². The van der Waals surface area contributed by atoms with E-state index in [1.807, 2.05) is 6.07 Å². The molecule has 4 atom stereocenters. The Bertz CT molecular complexity index is 1060. The van der Waals surface area contributed by atoms with E-state index in [4.69, 9.17) is 0 Å². The van der Waals surface area contributed by atoms with E-state index in [0.717, 1.165) is 51.1 Å². The predicted octanol–water partition coefficient (Wildman–Crippen LogP) is -3.74. The van der Waals surface area contributed by atoms with Crippen LogP contribution in [0.15, 0.2) is 48.5 Å². The lowest BCUT2D eigenvalue weighted by molar-refractivity contribution is -0.691. The van der Waals surface area contributed by atoms with Crippen LogP contribution in [0.5, 0.6) is 5.75 Å². The summed E-state index contributed by atoms with van der Waals surface area (Å²) in [5.41, 5.74) is 3.52. The molecule has 1 amide bonds. The molecule has 1 spiro atoms. The third kappa shape index (κ3) is 5.13. The number of phenols is 1. The van der Waals surface area contributed by atoms with Crippen LogP contribution in [0.25, 0.3) is 0 Å². The second-order valence-electron chi connectivity index (χ2n) is 11.6. The van der Waals surface area contributed by atoms with Gasteiger partial charge in [0.15, 0.2) is 0 Å². The third-order valence-electron chi connectivity index (χ3n) is 9.81. The Hall–Kier alpha value is -1.79. The average molecular weight is 547 g/mol. The van der Waals surface area contributed by atoms with Crippen molar-refractivity contribution in [1.29, 1.82) is 0 Å². The molecule has 0 radical (unpaired) electrons. The molecule has 1 saturated carbocycles. The number of fused-ring (bicyclic) bond motifs is 2. The number of quaternary nitrogens is 2. The van der Waals surface area contributed by atoms with E-state index in [9.17, 15) is 9.90 Å². The van der Waals surface area contributed by atoms with Crippen molar-refractivity contribution < 1.29 is 45.3 Å². The molecule has 0 aromatic heterocycles. The van der Waals surface area contributed by atoms with E-state index in [2.05, 4.69) is 51.9 Å². The number of carbonyl (C=O) groups excluding carboxylic acids is 1. The lowest BCUT2D eigenvalue weighted by atomic mass is 9.67. The highest BCUT2D eigenvalue weighted by Gasteiger charge is 2.57. The number of phenolic OH excluding ortho intramolecular Hbond substituents is 1. The number of nitrogens with zero attached hydrogens (tertiary/aromatic N) is 1. The number of benzene rings is 2. The predicted molar refractivity (Wildman–Crippen MR) is 136 cm³/mol. The number of piperidine rings is 1. The van der Waals surface area contributed by atoms with Crippen LogP contribution in [0.4, 0.5) is 0 Å². The standard InChI is InChI=1S/C30H39N3O2.2ClH/c34-28-13-7-12-25-24(28)17-31-19-30(25)20-32-18-26(30)29(35)33-15-14-23(21-8-3-1-4-9-21)16-27(33)22-10-5-2-6-11-22;;/h1,3-4,7-9,12-13,22-23,26-27,31-32,34H,2,5-6,10-11,14-20H2;2*1H/t23-,26+,27+,30+;;/m1../s1. The van der Waals surface area contributed by atoms with Gasteiger partial charge in [0, 0.05) is 12.6 Å². The van der Waals surface area contributed by atoms with Crippen molar-refractivity contribution in [3.8, 4) is 5.75 Å². The maximum Gasteiger partial charge on any atom is 0.233 e. The van der Waals surface area contributed by atoms with Crippen LogP contribution in [0.3, 0.4) is 0 Å². The first-order valence-corrected chi connectivity index (χ1v) is 14.0. The van der Waals surface area contributed by atoms with E-state index in [1.54, 1.807) is 6.07 Å². The van der Waals surface area contributed by atoms with Crippen LogP contribution in [0.1, 0.15) is 67.6 Å². The monoisotopic (exact) mass is 545 g/mol. The van der Waals surface area contributed by atoms with Gasteiger partial charge >= 0.3 is 0 Å². The minimum atomic E-state index is -0.184. The molecule has 6 rings (SSSR count). The number of carbonyl (C=O) groups is 1. The summed E-state index contributed by atoms with van der Waals surface area (Å²) in [5, 5.41) is 15.3. The summed E-state index contributed by atoms with van der Waals surface area (Å²) in [6, 6.07) is 17.3. The van der Waals surface area contributed by atoms with Crippen LogP contribution in [0, 0.1) is 11.8 Å². The van der Waals surface area contributed by atoms with E-state index >= 15 is 0 Å². The first kappa shape index (κ1) is 28.2. The molecule has 5 nitrogen and oxygen atoms in total. The Kier molecular flexibility index (Phi) is 9.11.